The van der Waals surface area contributed by atoms with Gasteiger partial charge in [-0.15, -0.1) is 0 Å². The van der Waals surface area contributed by atoms with Crippen molar-refractivity contribution in [2.45, 2.75) is 0 Å². The van der Waals surface area contributed by atoms with Gasteiger partial charge in [-0.05, 0) is 59.0 Å². The van der Waals surface area contributed by atoms with E-state index in [4.69, 9.17) is 0 Å². The first-order valence-corrected chi connectivity index (χ1v) is 6.74. The summed E-state index contributed by atoms with van der Waals surface area (Å²) in [6.07, 6.45) is 0. The largest absolute Gasteiger partial charge is 0.355 e. The molecular formula is C14H9IN2O2. The summed E-state index contributed by atoms with van der Waals surface area (Å²) in [5.74, 6) is -0.674. The number of benzene rings is 2. The van der Waals surface area contributed by atoms with Gasteiger partial charge in [0, 0.05) is 14.9 Å². The van der Waals surface area contributed by atoms with Crippen molar-refractivity contribution in [1.82, 2.24) is 5.32 Å². The topological polar surface area (TPSA) is 58.2 Å². The fourth-order valence-corrected chi connectivity index (χ4v) is 2.52. The normalized spacial score (nSPS) is 13.1. The molecule has 0 spiro atoms. The minimum Gasteiger partial charge on any atom is -0.355 e. The number of anilines is 2. The minimum absolute atomic E-state index is 0.333. The molecule has 2 N–H and O–H groups in total. The van der Waals surface area contributed by atoms with Crippen LogP contribution >= 0.6 is 22.6 Å². The van der Waals surface area contributed by atoms with Gasteiger partial charge in [0.1, 0.15) is 0 Å². The number of hydrogen-bond donors (Lipinski definition) is 2. The van der Waals surface area contributed by atoms with Gasteiger partial charge in [0.05, 0.1) is 11.1 Å². The van der Waals surface area contributed by atoms with Gasteiger partial charge in [0.2, 0.25) is 0 Å². The molecule has 4 nitrogen and oxygen atoms in total. The predicted octanol–water partition coefficient (Wildman–Crippen LogP) is 2.92. The van der Waals surface area contributed by atoms with E-state index in [-0.39, 0.29) is 11.8 Å². The quantitative estimate of drug-likeness (QED) is 0.637. The second-order valence-corrected chi connectivity index (χ2v) is 5.42. The molecule has 0 radical (unpaired) electrons. The Morgan fingerprint density at radius 1 is 0.895 bits per heavy atom. The molecule has 0 bridgehead atoms. The fourth-order valence-electron chi connectivity index (χ4n) is 1.98. The summed E-state index contributed by atoms with van der Waals surface area (Å²) >= 11 is 2.23. The van der Waals surface area contributed by atoms with Gasteiger partial charge >= 0.3 is 0 Å². The van der Waals surface area contributed by atoms with Gasteiger partial charge in [-0.2, -0.15) is 0 Å². The van der Waals surface area contributed by atoms with E-state index in [1.54, 1.807) is 18.2 Å². The molecule has 0 aliphatic carbocycles. The Balaban J connectivity index is 1.93. The van der Waals surface area contributed by atoms with E-state index in [0.29, 0.717) is 11.1 Å². The number of nitrogens with one attached hydrogen (secondary N) is 2. The predicted molar refractivity (Wildman–Crippen MR) is 80.7 cm³/mol. The van der Waals surface area contributed by atoms with E-state index in [2.05, 4.69) is 33.2 Å². The molecule has 2 aromatic carbocycles. The molecule has 19 heavy (non-hydrogen) atoms. The summed E-state index contributed by atoms with van der Waals surface area (Å²) in [4.78, 5) is 23.0. The lowest BCUT2D eigenvalue weighted by Crippen LogP contribution is -2.19. The number of fused-ring (bicyclic) bond motifs is 1. The Bertz CT molecular complexity index is 698. The number of carbonyl (C=O) groups excluding carboxylic acids is 2. The molecule has 94 valence electrons. The standard InChI is InChI=1S/C14H9IN2O2/c15-8-2-1-3-9(6-8)16-10-4-5-11-12(7-10)14(19)17-13(11)18/h1-7,16H,(H,17,18,19). The molecule has 0 atom stereocenters. The third-order valence-electron chi connectivity index (χ3n) is 2.85. The van der Waals surface area contributed by atoms with Crippen molar-refractivity contribution < 1.29 is 9.59 Å². The second kappa shape index (κ2) is 4.65. The molecule has 0 aromatic heterocycles. The van der Waals surface area contributed by atoms with Gasteiger partial charge in [0.15, 0.2) is 0 Å². The van der Waals surface area contributed by atoms with Crippen LogP contribution in [0.15, 0.2) is 42.5 Å². The zero-order chi connectivity index (χ0) is 13.4. The van der Waals surface area contributed by atoms with E-state index in [1.165, 1.54) is 0 Å². The number of imide groups is 1. The summed E-state index contributed by atoms with van der Waals surface area (Å²) in [5.41, 5.74) is 2.57. The average Bonchev–Trinajstić information content (AvgIpc) is 2.65. The highest BCUT2D eigenvalue weighted by molar-refractivity contribution is 14.1. The summed E-state index contributed by atoms with van der Waals surface area (Å²) in [7, 11) is 0. The summed E-state index contributed by atoms with van der Waals surface area (Å²) in [6, 6.07) is 13.0. The molecule has 0 saturated heterocycles. The maximum absolute atomic E-state index is 11.6. The molecule has 2 amide bonds. The minimum atomic E-state index is -0.341. The van der Waals surface area contributed by atoms with Crippen LogP contribution in [0.1, 0.15) is 20.7 Å². The average molecular weight is 364 g/mol. The van der Waals surface area contributed by atoms with Crippen molar-refractivity contribution >= 4 is 45.8 Å². The van der Waals surface area contributed by atoms with Crippen molar-refractivity contribution in [1.29, 1.82) is 0 Å². The van der Waals surface area contributed by atoms with Crippen molar-refractivity contribution in [2.24, 2.45) is 0 Å². The maximum atomic E-state index is 11.6. The number of halogens is 1. The molecule has 1 heterocycles. The third kappa shape index (κ3) is 2.33. The zero-order valence-corrected chi connectivity index (χ0v) is 11.9. The molecule has 1 aliphatic heterocycles. The highest BCUT2D eigenvalue weighted by Gasteiger charge is 2.26. The lowest BCUT2D eigenvalue weighted by Gasteiger charge is -2.07. The molecule has 2 aromatic rings. The van der Waals surface area contributed by atoms with Crippen LogP contribution < -0.4 is 10.6 Å². The van der Waals surface area contributed by atoms with E-state index in [9.17, 15) is 9.59 Å². The van der Waals surface area contributed by atoms with Crippen LogP contribution in [-0.4, -0.2) is 11.8 Å². The monoisotopic (exact) mass is 364 g/mol. The highest BCUT2D eigenvalue weighted by Crippen LogP contribution is 2.23. The SMILES string of the molecule is O=C1NC(=O)c2cc(Nc3cccc(I)c3)ccc21. The van der Waals surface area contributed by atoms with Crippen LogP contribution in [0.3, 0.4) is 0 Å². The first kappa shape index (κ1) is 12.2. The zero-order valence-electron chi connectivity index (χ0n) is 9.74. The van der Waals surface area contributed by atoms with Crippen LogP contribution in [0.25, 0.3) is 0 Å². The summed E-state index contributed by atoms with van der Waals surface area (Å²) < 4.78 is 1.12. The smallest absolute Gasteiger partial charge is 0.259 e. The Hall–Kier alpha value is -1.89. The van der Waals surface area contributed by atoms with Gasteiger partial charge in [0.25, 0.3) is 11.8 Å². The molecule has 3 rings (SSSR count). The lowest BCUT2D eigenvalue weighted by molar-refractivity contribution is 0.0879. The van der Waals surface area contributed by atoms with Crippen LogP contribution in [-0.2, 0) is 0 Å². The molecule has 5 heteroatoms. The number of rotatable bonds is 2. The Kier molecular flexibility index (Phi) is 2.98. The van der Waals surface area contributed by atoms with Gasteiger partial charge in [-0.3, -0.25) is 14.9 Å². The van der Waals surface area contributed by atoms with Gasteiger partial charge in [-0.25, -0.2) is 0 Å². The van der Waals surface area contributed by atoms with Crippen LogP contribution in [0, 0.1) is 3.57 Å². The Labute approximate surface area is 123 Å². The first-order valence-electron chi connectivity index (χ1n) is 5.66. The molecule has 0 saturated carbocycles. The van der Waals surface area contributed by atoms with Crippen molar-refractivity contribution in [3.8, 4) is 0 Å². The lowest BCUT2D eigenvalue weighted by atomic mass is 10.1. The first-order chi connectivity index (χ1) is 9.13. The Morgan fingerprint density at radius 3 is 2.42 bits per heavy atom. The molecule has 0 fully saturated rings. The molecule has 0 unspecified atom stereocenters. The number of amides is 2. The second-order valence-electron chi connectivity index (χ2n) is 4.18. The van der Waals surface area contributed by atoms with Gasteiger partial charge < -0.3 is 5.32 Å². The summed E-state index contributed by atoms with van der Waals surface area (Å²) in [5, 5.41) is 5.49. The van der Waals surface area contributed by atoms with Crippen molar-refractivity contribution in [3.63, 3.8) is 0 Å². The Morgan fingerprint density at radius 2 is 1.63 bits per heavy atom. The fraction of sp³-hybridized carbons (Fsp3) is 0. The molecule has 1 aliphatic rings. The third-order valence-corrected chi connectivity index (χ3v) is 3.52. The van der Waals surface area contributed by atoms with Crippen LogP contribution in [0.5, 0.6) is 0 Å². The van der Waals surface area contributed by atoms with Crippen molar-refractivity contribution in [3.05, 3.63) is 57.2 Å². The van der Waals surface area contributed by atoms with Crippen LogP contribution in [0.2, 0.25) is 0 Å². The summed E-state index contributed by atoms with van der Waals surface area (Å²) in [6.45, 7) is 0. The number of carbonyl (C=O) groups is 2. The van der Waals surface area contributed by atoms with E-state index in [0.717, 1.165) is 14.9 Å². The van der Waals surface area contributed by atoms with Crippen LogP contribution in [0.4, 0.5) is 11.4 Å². The van der Waals surface area contributed by atoms with E-state index >= 15 is 0 Å². The maximum Gasteiger partial charge on any atom is 0.259 e. The van der Waals surface area contributed by atoms with Gasteiger partial charge in [-0.1, -0.05) is 6.07 Å². The van der Waals surface area contributed by atoms with E-state index in [1.807, 2.05) is 24.3 Å². The van der Waals surface area contributed by atoms with Crippen molar-refractivity contribution in [2.75, 3.05) is 5.32 Å². The molecular weight excluding hydrogens is 355 g/mol. The van der Waals surface area contributed by atoms with E-state index < -0.39 is 0 Å². The highest BCUT2D eigenvalue weighted by atomic mass is 127. The number of hydrogen-bond acceptors (Lipinski definition) is 3.